The monoisotopic (exact) mass is 352 g/mol. The molecular weight excluding hydrogens is 332 g/mol. The number of anilines is 1. The minimum atomic E-state index is -0.410. The fourth-order valence-electron chi connectivity index (χ4n) is 3.72. The van der Waals surface area contributed by atoms with Gasteiger partial charge < -0.3 is 15.4 Å². The molecule has 0 spiro atoms. The van der Waals surface area contributed by atoms with Gasteiger partial charge in [0, 0.05) is 11.7 Å². The zero-order valence-electron chi connectivity index (χ0n) is 13.1. The number of hydrogen-bond acceptors (Lipinski definition) is 3. The fourth-order valence-corrected chi connectivity index (χ4v) is 4.25. The van der Waals surface area contributed by atoms with Gasteiger partial charge >= 0.3 is 5.97 Å². The predicted octanol–water partition coefficient (Wildman–Crippen LogP) is 3.99. The fraction of sp³-hybridized carbons (Fsp3) is 0.529. The van der Waals surface area contributed by atoms with E-state index in [-0.39, 0.29) is 0 Å². The smallest absolute Gasteiger partial charge is 0.339 e. The summed E-state index contributed by atoms with van der Waals surface area (Å²) >= 11 is 11.6. The van der Waals surface area contributed by atoms with Crippen molar-refractivity contribution in [1.29, 1.82) is 0 Å². The summed E-state index contributed by atoms with van der Waals surface area (Å²) in [6.07, 6.45) is 5.23. The third kappa shape index (κ3) is 3.78. The average molecular weight is 353 g/mol. The van der Waals surface area contributed by atoms with E-state index in [1.54, 1.807) is 25.1 Å². The van der Waals surface area contributed by atoms with E-state index in [1.165, 1.54) is 25.7 Å². The number of carbonyl (C=O) groups is 1. The van der Waals surface area contributed by atoms with Gasteiger partial charge in [0.1, 0.15) is 0 Å². The third-order valence-electron chi connectivity index (χ3n) is 4.78. The van der Waals surface area contributed by atoms with Gasteiger partial charge in [-0.25, -0.2) is 4.79 Å². The lowest BCUT2D eigenvalue weighted by Crippen LogP contribution is -2.40. The molecule has 6 heteroatoms. The molecule has 2 saturated carbocycles. The minimum Gasteiger partial charge on any atom is -0.462 e. The molecule has 2 aliphatic carbocycles. The lowest BCUT2D eigenvalue weighted by Gasteiger charge is -2.24. The summed E-state index contributed by atoms with van der Waals surface area (Å²) in [5.74, 6) is 1.22. The summed E-state index contributed by atoms with van der Waals surface area (Å²) < 4.78 is 4.96. The largest absolute Gasteiger partial charge is 0.462 e. The Bertz CT molecular complexity index is 623. The van der Waals surface area contributed by atoms with E-state index >= 15 is 0 Å². The second-order valence-electron chi connectivity index (χ2n) is 6.29. The van der Waals surface area contributed by atoms with E-state index in [9.17, 15) is 4.79 Å². The summed E-state index contributed by atoms with van der Waals surface area (Å²) in [5, 5.41) is 7.54. The van der Waals surface area contributed by atoms with E-state index in [0.29, 0.717) is 28.3 Å². The molecule has 1 aromatic rings. The summed E-state index contributed by atoms with van der Waals surface area (Å²) in [6, 6.07) is 5.63. The number of rotatable bonds is 4. The Morgan fingerprint density at radius 3 is 2.83 bits per heavy atom. The molecule has 3 atom stereocenters. The first-order chi connectivity index (χ1) is 11.1. The lowest BCUT2D eigenvalue weighted by molar-refractivity contribution is 0.0526. The second kappa shape index (κ2) is 7.05. The first-order valence-electron chi connectivity index (χ1n) is 8.11. The quantitative estimate of drug-likeness (QED) is 0.633. The highest BCUT2D eigenvalue weighted by Crippen LogP contribution is 2.44. The van der Waals surface area contributed by atoms with Crippen LogP contribution in [0.25, 0.3) is 0 Å². The molecular formula is C17H21ClN2O2S. The molecule has 0 aromatic heterocycles. The lowest BCUT2D eigenvalue weighted by atomic mass is 9.96. The van der Waals surface area contributed by atoms with Crippen molar-refractivity contribution in [2.24, 2.45) is 11.8 Å². The van der Waals surface area contributed by atoms with Crippen molar-refractivity contribution >= 4 is 40.6 Å². The number of benzene rings is 1. The molecule has 4 nitrogen and oxygen atoms in total. The highest BCUT2D eigenvalue weighted by atomic mass is 35.5. The van der Waals surface area contributed by atoms with Crippen LogP contribution >= 0.6 is 23.8 Å². The van der Waals surface area contributed by atoms with Gasteiger partial charge in [-0.2, -0.15) is 0 Å². The van der Waals surface area contributed by atoms with Crippen LogP contribution in [-0.2, 0) is 4.74 Å². The van der Waals surface area contributed by atoms with Crippen LogP contribution in [0.3, 0.4) is 0 Å². The van der Waals surface area contributed by atoms with Crippen LogP contribution in [0.15, 0.2) is 18.2 Å². The molecule has 1 aromatic carbocycles. The van der Waals surface area contributed by atoms with Crippen molar-refractivity contribution in [1.82, 2.24) is 5.32 Å². The zero-order valence-corrected chi connectivity index (χ0v) is 14.7. The van der Waals surface area contributed by atoms with E-state index in [0.717, 1.165) is 17.5 Å². The summed E-state index contributed by atoms with van der Waals surface area (Å²) in [4.78, 5) is 11.7. The SMILES string of the molecule is CCOC(=O)c1ccc(NC(=S)NC2CC3CCC2C3)cc1Cl. The van der Waals surface area contributed by atoms with Crippen molar-refractivity contribution in [3.05, 3.63) is 28.8 Å². The van der Waals surface area contributed by atoms with Gasteiger partial charge in [-0.15, -0.1) is 0 Å². The van der Waals surface area contributed by atoms with Gasteiger partial charge in [0.15, 0.2) is 5.11 Å². The second-order valence-corrected chi connectivity index (χ2v) is 7.11. The van der Waals surface area contributed by atoms with Crippen LogP contribution in [-0.4, -0.2) is 23.7 Å². The van der Waals surface area contributed by atoms with Crippen LogP contribution in [0.5, 0.6) is 0 Å². The number of thiocarbonyl (C=S) groups is 1. The van der Waals surface area contributed by atoms with E-state index < -0.39 is 5.97 Å². The van der Waals surface area contributed by atoms with Crippen molar-refractivity contribution in [3.8, 4) is 0 Å². The molecule has 0 saturated heterocycles. The summed E-state index contributed by atoms with van der Waals surface area (Å²) in [7, 11) is 0. The summed E-state index contributed by atoms with van der Waals surface area (Å²) in [5.41, 5.74) is 1.13. The van der Waals surface area contributed by atoms with Crippen molar-refractivity contribution in [2.45, 2.75) is 38.6 Å². The Hall–Kier alpha value is -1.33. The highest BCUT2D eigenvalue weighted by Gasteiger charge is 2.39. The first kappa shape index (κ1) is 16.5. The molecule has 0 radical (unpaired) electrons. The number of nitrogens with one attached hydrogen (secondary N) is 2. The number of esters is 1. The van der Waals surface area contributed by atoms with Gasteiger partial charge in [-0.05, 0) is 68.4 Å². The third-order valence-corrected chi connectivity index (χ3v) is 5.31. The van der Waals surface area contributed by atoms with E-state index in [4.69, 9.17) is 28.6 Å². The Balaban J connectivity index is 1.58. The predicted molar refractivity (Wildman–Crippen MR) is 96.0 cm³/mol. The van der Waals surface area contributed by atoms with Crippen LogP contribution in [0.1, 0.15) is 43.0 Å². The normalized spacial score (nSPS) is 25.2. The van der Waals surface area contributed by atoms with Gasteiger partial charge in [-0.1, -0.05) is 18.0 Å². The maximum atomic E-state index is 11.7. The number of ether oxygens (including phenoxy) is 1. The molecule has 23 heavy (non-hydrogen) atoms. The first-order valence-corrected chi connectivity index (χ1v) is 8.89. The Morgan fingerprint density at radius 1 is 1.39 bits per heavy atom. The Morgan fingerprint density at radius 2 is 2.22 bits per heavy atom. The van der Waals surface area contributed by atoms with Crippen molar-refractivity contribution < 1.29 is 9.53 Å². The van der Waals surface area contributed by atoms with E-state index in [2.05, 4.69) is 10.6 Å². The number of halogens is 1. The topological polar surface area (TPSA) is 50.4 Å². The van der Waals surface area contributed by atoms with Crippen molar-refractivity contribution in [3.63, 3.8) is 0 Å². The zero-order chi connectivity index (χ0) is 16.4. The molecule has 3 rings (SSSR count). The molecule has 2 N–H and O–H groups in total. The molecule has 0 heterocycles. The molecule has 3 unspecified atom stereocenters. The molecule has 2 fully saturated rings. The molecule has 0 amide bonds. The standard InChI is InChI=1S/C17H21ClN2O2S/c1-2-22-16(21)13-6-5-12(9-14(13)18)19-17(23)20-15-8-10-3-4-11(15)7-10/h5-6,9-11,15H,2-4,7-8H2,1H3,(H2,19,20,23). The van der Waals surface area contributed by atoms with Gasteiger partial charge in [0.2, 0.25) is 0 Å². The van der Waals surface area contributed by atoms with Gasteiger partial charge in [0.25, 0.3) is 0 Å². The number of hydrogen-bond donors (Lipinski definition) is 2. The number of carbonyl (C=O) groups excluding carboxylic acids is 1. The Labute approximate surface area is 146 Å². The maximum absolute atomic E-state index is 11.7. The molecule has 2 aliphatic rings. The van der Waals surface area contributed by atoms with Crippen molar-refractivity contribution in [2.75, 3.05) is 11.9 Å². The van der Waals surface area contributed by atoms with E-state index in [1.807, 2.05) is 0 Å². The van der Waals surface area contributed by atoms with Gasteiger partial charge in [0.05, 0.1) is 17.2 Å². The maximum Gasteiger partial charge on any atom is 0.339 e. The highest BCUT2D eigenvalue weighted by molar-refractivity contribution is 7.80. The van der Waals surface area contributed by atoms with Crippen LogP contribution in [0.2, 0.25) is 5.02 Å². The Kier molecular flexibility index (Phi) is 5.07. The van der Waals surface area contributed by atoms with Crippen LogP contribution < -0.4 is 10.6 Å². The van der Waals surface area contributed by atoms with Crippen LogP contribution in [0, 0.1) is 11.8 Å². The molecule has 0 aliphatic heterocycles. The minimum absolute atomic E-state index is 0.326. The number of fused-ring (bicyclic) bond motifs is 2. The van der Waals surface area contributed by atoms with Crippen LogP contribution in [0.4, 0.5) is 5.69 Å². The average Bonchev–Trinajstić information content (AvgIpc) is 3.10. The molecule has 124 valence electrons. The summed E-state index contributed by atoms with van der Waals surface area (Å²) in [6.45, 7) is 2.09. The van der Waals surface area contributed by atoms with Gasteiger partial charge in [-0.3, -0.25) is 0 Å². The molecule has 2 bridgehead atoms.